The number of urea groups is 1. The van der Waals surface area contributed by atoms with Gasteiger partial charge in [-0.3, -0.25) is 19.6 Å². The maximum atomic E-state index is 13.4. The summed E-state index contributed by atoms with van der Waals surface area (Å²) in [6.07, 6.45) is 4.39. The van der Waals surface area contributed by atoms with E-state index in [2.05, 4.69) is 15.2 Å². The van der Waals surface area contributed by atoms with Gasteiger partial charge in [-0.05, 0) is 42.3 Å². The van der Waals surface area contributed by atoms with Gasteiger partial charge in [-0.15, -0.1) is 0 Å². The smallest absolute Gasteiger partial charge is 0.321 e. The molecule has 4 rings (SSSR count). The molecule has 1 aromatic carbocycles. The highest BCUT2D eigenvalue weighted by molar-refractivity contribution is 5.98. The van der Waals surface area contributed by atoms with Gasteiger partial charge >= 0.3 is 6.03 Å². The second-order valence-corrected chi connectivity index (χ2v) is 7.82. The normalized spacial score (nSPS) is 16.9. The highest BCUT2D eigenvalue weighted by atomic mass is 16.5. The van der Waals surface area contributed by atoms with E-state index in [1.54, 1.807) is 17.3 Å². The lowest BCUT2D eigenvalue weighted by Gasteiger charge is -2.28. The SMILES string of the molecule is O=C(c1cccc(N2CCNC2=O)c1)N(CCCN1CCOCC1)Cc1ccncc1. The Kier molecular flexibility index (Phi) is 7.11. The van der Waals surface area contributed by atoms with Crippen molar-refractivity contribution in [2.75, 3.05) is 57.4 Å². The van der Waals surface area contributed by atoms with Crippen LogP contribution in [-0.4, -0.2) is 79.2 Å². The van der Waals surface area contributed by atoms with E-state index in [9.17, 15) is 9.59 Å². The maximum Gasteiger partial charge on any atom is 0.321 e. The summed E-state index contributed by atoms with van der Waals surface area (Å²) in [7, 11) is 0. The van der Waals surface area contributed by atoms with E-state index >= 15 is 0 Å². The van der Waals surface area contributed by atoms with Crippen LogP contribution in [0.5, 0.6) is 0 Å². The number of hydrogen-bond acceptors (Lipinski definition) is 5. The minimum atomic E-state index is -0.122. The Balaban J connectivity index is 1.46. The first-order valence-corrected chi connectivity index (χ1v) is 10.8. The second-order valence-electron chi connectivity index (χ2n) is 7.82. The van der Waals surface area contributed by atoms with Crippen molar-refractivity contribution in [3.63, 3.8) is 0 Å². The van der Waals surface area contributed by atoms with Crippen LogP contribution in [0.15, 0.2) is 48.8 Å². The van der Waals surface area contributed by atoms with Gasteiger partial charge in [-0.2, -0.15) is 0 Å². The van der Waals surface area contributed by atoms with Crippen molar-refractivity contribution < 1.29 is 14.3 Å². The summed E-state index contributed by atoms with van der Waals surface area (Å²) in [5.74, 6) is -0.0276. The van der Waals surface area contributed by atoms with Gasteiger partial charge in [0.15, 0.2) is 0 Å². The molecule has 2 aliphatic heterocycles. The van der Waals surface area contributed by atoms with Crippen LogP contribution in [0.2, 0.25) is 0 Å². The molecule has 2 aromatic rings. The summed E-state index contributed by atoms with van der Waals surface area (Å²) < 4.78 is 5.42. The highest BCUT2D eigenvalue weighted by Gasteiger charge is 2.23. The Hall–Kier alpha value is -2.97. The average Bonchev–Trinajstić information content (AvgIpc) is 3.25. The van der Waals surface area contributed by atoms with Crippen LogP contribution in [0.1, 0.15) is 22.3 Å². The van der Waals surface area contributed by atoms with Crippen LogP contribution >= 0.6 is 0 Å². The topological polar surface area (TPSA) is 78.0 Å². The molecule has 0 radical (unpaired) electrons. The van der Waals surface area contributed by atoms with Gasteiger partial charge in [-0.1, -0.05) is 6.07 Å². The molecule has 164 valence electrons. The van der Waals surface area contributed by atoms with Crippen LogP contribution < -0.4 is 10.2 Å². The molecule has 2 aliphatic rings. The predicted octanol–water partition coefficient (Wildman–Crippen LogP) is 1.98. The van der Waals surface area contributed by atoms with Gasteiger partial charge in [0.2, 0.25) is 0 Å². The molecule has 1 N–H and O–H groups in total. The number of nitrogens with zero attached hydrogens (tertiary/aromatic N) is 4. The summed E-state index contributed by atoms with van der Waals surface area (Å²) in [6.45, 7) is 6.79. The predicted molar refractivity (Wildman–Crippen MR) is 118 cm³/mol. The van der Waals surface area contributed by atoms with Gasteiger partial charge in [-0.25, -0.2) is 4.79 Å². The first-order valence-electron chi connectivity index (χ1n) is 10.8. The van der Waals surface area contributed by atoms with Crippen molar-refractivity contribution in [2.24, 2.45) is 0 Å². The van der Waals surface area contributed by atoms with Crippen molar-refractivity contribution in [2.45, 2.75) is 13.0 Å². The van der Waals surface area contributed by atoms with E-state index in [1.165, 1.54) is 0 Å². The van der Waals surface area contributed by atoms with Crippen LogP contribution in [0.4, 0.5) is 10.5 Å². The van der Waals surface area contributed by atoms with Gasteiger partial charge in [0.1, 0.15) is 0 Å². The fourth-order valence-corrected chi connectivity index (χ4v) is 3.98. The third-order valence-corrected chi connectivity index (χ3v) is 5.68. The molecular weight excluding hydrogens is 394 g/mol. The van der Waals surface area contributed by atoms with Crippen molar-refractivity contribution in [3.8, 4) is 0 Å². The molecule has 8 heteroatoms. The molecule has 3 amide bonds. The summed E-state index contributed by atoms with van der Waals surface area (Å²) in [5.41, 5.74) is 2.39. The molecule has 3 heterocycles. The number of carbonyl (C=O) groups is 2. The number of anilines is 1. The van der Waals surface area contributed by atoms with Crippen molar-refractivity contribution in [3.05, 3.63) is 59.9 Å². The largest absolute Gasteiger partial charge is 0.379 e. The molecule has 8 nitrogen and oxygen atoms in total. The number of benzene rings is 1. The number of nitrogens with one attached hydrogen (secondary N) is 1. The monoisotopic (exact) mass is 423 g/mol. The van der Waals surface area contributed by atoms with Crippen LogP contribution in [0, 0.1) is 0 Å². The first kappa shape index (κ1) is 21.3. The highest BCUT2D eigenvalue weighted by Crippen LogP contribution is 2.20. The van der Waals surface area contributed by atoms with Crippen LogP contribution in [0.3, 0.4) is 0 Å². The molecule has 0 spiro atoms. The van der Waals surface area contributed by atoms with E-state index in [-0.39, 0.29) is 11.9 Å². The molecule has 1 aromatic heterocycles. The molecule has 0 atom stereocenters. The van der Waals surface area contributed by atoms with Crippen molar-refractivity contribution >= 4 is 17.6 Å². The number of morpholine rings is 1. The lowest BCUT2D eigenvalue weighted by molar-refractivity contribution is 0.0355. The molecule has 31 heavy (non-hydrogen) atoms. The van der Waals surface area contributed by atoms with E-state index < -0.39 is 0 Å². The quantitative estimate of drug-likeness (QED) is 0.703. The molecular formula is C23H29N5O3. The number of amides is 3. The van der Waals surface area contributed by atoms with Crippen molar-refractivity contribution in [1.29, 1.82) is 0 Å². The zero-order valence-corrected chi connectivity index (χ0v) is 17.7. The van der Waals surface area contributed by atoms with E-state index in [0.717, 1.165) is 50.5 Å². The van der Waals surface area contributed by atoms with Gasteiger partial charge < -0.3 is 15.0 Å². The zero-order chi connectivity index (χ0) is 21.5. The van der Waals surface area contributed by atoms with Gasteiger partial charge in [0.05, 0.1) is 13.2 Å². The minimum Gasteiger partial charge on any atom is -0.379 e. The summed E-state index contributed by atoms with van der Waals surface area (Å²) in [6, 6.07) is 11.1. The third kappa shape index (κ3) is 5.59. The average molecular weight is 424 g/mol. The third-order valence-electron chi connectivity index (χ3n) is 5.68. The van der Waals surface area contributed by atoms with Crippen LogP contribution in [0.25, 0.3) is 0 Å². The lowest BCUT2D eigenvalue weighted by atomic mass is 10.1. The van der Waals surface area contributed by atoms with E-state index in [4.69, 9.17) is 4.74 Å². The van der Waals surface area contributed by atoms with Gasteiger partial charge in [0, 0.05) is 69.5 Å². The Morgan fingerprint density at radius 1 is 1.13 bits per heavy atom. The number of ether oxygens (including phenoxy) is 1. The summed E-state index contributed by atoms with van der Waals surface area (Å²) in [5, 5.41) is 2.80. The number of carbonyl (C=O) groups excluding carboxylic acids is 2. The molecule has 0 bridgehead atoms. The fraction of sp³-hybridized carbons (Fsp3) is 0.435. The summed E-state index contributed by atoms with van der Waals surface area (Å²) in [4.78, 5) is 35.5. The minimum absolute atomic E-state index is 0.0276. The molecule has 0 unspecified atom stereocenters. The maximum absolute atomic E-state index is 13.4. The number of hydrogen-bond donors (Lipinski definition) is 1. The Labute approximate surface area is 182 Å². The van der Waals surface area contributed by atoms with Crippen LogP contribution in [-0.2, 0) is 11.3 Å². The number of rotatable bonds is 8. The molecule has 2 saturated heterocycles. The molecule has 0 aliphatic carbocycles. The zero-order valence-electron chi connectivity index (χ0n) is 17.7. The molecule has 2 fully saturated rings. The molecule has 0 saturated carbocycles. The number of aromatic nitrogens is 1. The van der Waals surface area contributed by atoms with Gasteiger partial charge in [0.25, 0.3) is 5.91 Å². The second kappa shape index (κ2) is 10.4. The Bertz CT molecular complexity index is 886. The first-order chi connectivity index (χ1) is 15.2. The number of pyridine rings is 1. The Morgan fingerprint density at radius 3 is 2.68 bits per heavy atom. The van der Waals surface area contributed by atoms with E-state index in [1.807, 2.05) is 41.3 Å². The Morgan fingerprint density at radius 2 is 1.94 bits per heavy atom. The fourth-order valence-electron chi connectivity index (χ4n) is 3.98. The van der Waals surface area contributed by atoms with Crippen molar-refractivity contribution in [1.82, 2.24) is 20.1 Å². The standard InChI is InChI=1S/C23H29N5O3/c29-22(20-3-1-4-21(17-20)28-12-9-25-23(28)30)27(18-19-5-7-24-8-6-19)11-2-10-26-13-15-31-16-14-26/h1,3-8,17H,2,9-16,18H2,(H,25,30). The van der Waals surface area contributed by atoms with E-state index in [0.29, 0.717) is 31.7 Å². The summed E-state index contributed by atoms with van der Waals surface area (Å²) >= 11 is 0. The lowest BCUT2D eigenvalue weighted by Crippen LogP contribution is -2.39.